The van der Waals surface area contributed by atoms with E-state index in [4.69, 9.17) is 16.4 Å². The number of likely N-dealkylation sites (N-methyl/N-ethyl adjacent to an activating group) is 2. The molecule has 0 unspecified atom stereocenters. The molecule has 12 nitrogen and oxygen atoms in total. The van der Waals surface area contributed by atoms with Crippen LogP contribution >= 0.6 is 23.5 Å². The summed E-state index contributed by atoms with van der Waals surface area (Å²) in [4.78, 5) is 67.9. The molecule has 0 saturated carbocycles. The summed E-state index contributed by atoms with van der Waals surface area (Å²) in [5, 5.41) is -1.16. The van der Waals surface area contributed by atoms with Crippen LogP contribution in [-0.2, 0) is 85.1 Å². The van der Waals surface area contributed by atoms with Gasteiger partial charge in [-0.1, -0.05) is 136 Å². The van der Waals surface area contributed by atoms with Gasteiger partial charge in [0.1, 0.15) is 24.6 Å². The number of nitrogens with zero attached hydrogens (tertiary/aromatic N) is 8. The molecule has 0 N–H and O–H groups in total. The predicted octanol–water partition coefficient (Wildman–Crippen LogP) is 15.1. The highest BCUT2D eigenvalue weighted by Gasteiger charge is 2.32. The summed E-state index contributed by atoms with van der Waals surface area (Å²) in [6.07, 6.45) is -8.20. The van der Waals surface area contributed by atoms with E-state index in [0.29, 0.717) is 47.2 Å². The minimum Gasteiger partial charge on any atom is -0.336 e. The van der Waals surface area contributed by atoms with Gasteiger partial charge in [-0.25, -0.2) is 8.78 Å². The fourth-order valence-electron chi connectivity index (χ4n) is 10.2. The number of rotatable bonds is 26. The van der Waals surface area contributed by atoms with Gasteiger partial charge in [0.25, 0.3) is 11.1 Å². The second-order valence-corrected chi connectivity index (χ2v) is 23.5. The summed E-state index contributed by atoms with van der Waals surface area (Å²) in [5.41, 5.74) is -10.3. The van der Waals surface area contributed by atoms with Gasteiger partial charge in [-0.3, -0.25) is 19.2 Å². The Bertz CT molecular complexity index is 5100. The first-order valence-corrected chi connectivity index (χ1v) is 32.2. The standard InChI is InChI=1S/2C37H40F4N4O2S/c2*1-4-43(5-2)19-20-44(22-29-12-11-28(21-25(29)3)27-13-15-30(16-14-27)37(39,40)41)34(46)23-45-33-8-6-7-32(33)35(47)42-36(45)48-24-26-9-17-31(38)18-10-26/h2*9-18,21H,4-8,19-20,22-24H2,1-3H3/i11D,12D,19D2,20D2,21D,23D2,24D2;11D,12D,21D,22D2,23D2,24D2. The van der Waals surface area contributed by atoms with E-state index >= 15 is 0 Å². The zero-order valence-electron chi connectivity index (χ0n) is 73.0. The number of thioether (sulfide) groups is 2. The molecule has 0 bridgehead atoms. The number of aromatic nitrogens is 4. The van der Waals surface area contributed by atoms with Crippen molar-refractivity contribution in [2.75, 3.05) is 52.3 Å². The van der Waals surface area contributed by atoms with E-state index in [2.05, 4.69) is 9.97 Å². The van der Waals surface area contributed by atoms with E-state index in [0.717, 1.165) is 94.4 Å². The largest absolute Gasteiger partial charge is 0.416 e. The van der Waals surface area contributed by atoms with Crippen molar-refractivity contribution >= 4 is 35.3 Å². The van der Waals surface area contributed by atoms with Crippen molar-refractivity contribution in [3.8, 4) is 22.3 Å². The second-order valence-electron chi connectivity index (χ2n) is 21.9. The first-order chi connectivity index (χ1) is 53.7. The van der Waals surface area contributed by atoms with Gasteiger partial charge in [0.15, 0.2) is 10.3 Å². The SMILES string of the molecule is [2H]c1c([2H])c(-c2ccc(C(F)(F)F)cc2)c([2H])c(C)c1CN(C(=O)C([2H])([2H])n1c(SC([2H])([2H])c2ccc(F)cc2)nc(=O)c2c1CCC2)C([2H])([2H])C([2H])([2H])N(CC)CC.[2H]c1c([2H])c(C([2H])([2H])N(CCN(CC)CC)C(=O)C([2H])([2H])n2c(SC([2H])([2H])c3ccc(F)cc3)nc(=O)c3c2CCC3)c(C)c([2H])c1-c1ccc(C(F)(F)F)cc1. The molecule has 2 amide bonds. The molecule has 22 heteroatoms. The summed E-state index contributed by atoms with van der Waals surface area (Å²) in [6, 6.07) is 12.0. The molecule has 2 heterocycles. The molecular weight excluding hydrogens is 1280 g/mol. The lowest BCUT2D eigenvalue weighted by atomic mass is 9.98. The summed E-state index contributed by atoms with van der Waals surface area (Å²) >= 11 is 0.557. The highest BCUT2D eigenvalue weighted by atomic mass is 32.2. The maximum absolute atomic E-state index is 15.0. The number of fused-ring (bicyclic) bond motifs is 2. The second kappa shape index (κ2) is 32.9. The molecule has 0 spiro atoms. The normalized spacial score (nSPS) is 16.9. The average molecular weight is 1380 g/mol. The average Bonchev–Trinajstić information content (AvgIpc) is 1.12. The molecule has 0 saturated heterocycles. The van der Waals surface area contributed by atoms with Gasteiger partial charge >= 0.3 is 12.4 Å². The molecule has 10 rings (SSSR count). The molecule has 6 aromatic carbocycles. The van der Waals surface area contributed by atoms with Gasteiger partial charge in [0.05, 0.1) is 30.3 Å². The predicted molar refractivity (Wildman–Crippen MR) is 363 cm³/mol. The monoisotopic (exact) mass is 1380 g/mol. The molecule has 2 aliphatic carbocycles. The summed E-state index contributed by atoms with van der Waals surface area (Å²) < 4.78 is 290. The highest BCUT2D eigenvalue weighted by molar-refractivity contribution is 7.98. The first-order valence-electron chi connectivity index (χ1n) is 40.6. The summed E-state index contributed by atoms with van der Waals surface area (Å²) in [6.45, 7) is -7.82. The smallest absolute Gasteiger partial charge is 0.336 e. The van der Waals surface area contributed by atoms with E-state index in [-0.39, 0.29) is 135 Å². The van der Waals surface area contributed by atoms with E-state index in [1.807, 2.05) is 18.7 Å². The van der Waals surface area contributed by atoms with Crippen LogP contribution in [-0.4, -0.2) is 103 Å². The minimum atomic E-state index is -4.68. The van der Waals surface area contributed by atoms with Crippen molar-refractivity contribution in [3.05, 3.63) is 233 Å². The lowest BCUT2D eigenvalue weighted by Gasteiger charge is -2.28. The molecule has 0 atom stereocenters. The Hall–Kier alpha value is -7.92. The molecule has 0 radical (unpaired) electrons. The lowest BCUT2D eigenvalue weighted by Crippen LogP contribution is -2.40. The van der Waals surface area contributed by atoms with Gasteiger partial charge in [0, 0.05) is 81.3 Å². The maximum Gasteiger partial charge on any atom is 0.416 e. The summed E-state index contributed by atoms with van der Waals surface area (Å²) in [5.74, 6) is -4.54. The molecule has 96 heavy (non-hydrogen) atoms. The Morgan fingerprint density at radius 2 is 0.948 bits per heavy atom. The number of hydrogen-bond donors (Lipinski definition) is 0. The molecule has 0 fully saturated rings. The Balaban J connectivity index is 0.000000265. The molecule has 0 aliphatic heterocycles. The molecule has 508 valence electrons. The fourth-order valence-corrected chi connectivity index (χ4v) is 11.6. The molecule has 2 aliphatic rings. The number of hydrogen-bond acceptors (Lipinski definition) is 10. The van der Waals surface area contributed by atoms with Crippen molar-refractivity contribution in [1.82, 2.24) is 38.7 Å². The highest BCUT2D eigenvalue weighted by Crippen LogP contribution is 2.35. The van der Waals surface area contributed by atoms with Crippen LogP contribution in [0.3, 0.4) is 0 Å². The molecule has 2 aromatic heterocycles. The van der Waals surface area contributed by atoms with Crippen molar-refractivity contribution in [2.24, 2.45) is 0 Å². The minimum absolute atomic E-state index is 0.00221. The van der Waals surface area contributed by atoms with Crippen LogP contribution in [0, 0.1) is 25.5 Å². The number of benzene rings is 6. The van der Waals surface area contributed by atoms with Crippen molar-refractivity contribution in [3.63, 3.8) is 0 Å². The number of carbonyl (C=O) groups is 2. The fraction of sp³-hybridized carbons (Fsp3) is 0.378. The van der Waals surface area contributed by atoms with E-state index in [1.54, 1.807) is 0 Å². The van der Waals surface area contributed by atoms with Gasteiger partial charge < -0.3 is 28.7 Å². The number of alkyl halides is 6. The summed E-state index contributed by atoms with van der Waals surface area (Å²) in [7, 11) is 0. The van der Waals surface area contributed by atoms with E-state index < -0.39 is 167 Å². The Kier molecular flexibility index (Phi) is 17.0. The third kappa shape index (κ3) is 18.8. The number of carbonyl (C=O) groups excluding carboxylic acids is 2. The Morgan fingerprint density at radius 3 is 1.38 bits per heavy atom. The van der Waals surface area contributed by atoms with Gasteiger partial charge in [-0.05, 0) is 183 Å². The van der Waals surface area contributed by atoms with Gasteiger partial charge in [-0.2, -0.15) is 36.3 Å². The van der Waals surface area contributed by atoms with Crippen LogP contribution < -0.4 is 11.1 Å². The third-order valence-corrected chi connectivity index (χ3v) is 17.2. The zero-order valence-corrected chi connectivity index (χ0v) is 54.6. The van der Waals surface area contributed by atoms with Gasteiger partial charge in [-0.15, -0.1) is 0 Å². The number of amides is 2. The van der Waals surface area contributed by atoms with E-state index in [1.165, 1.54) is 39.8 Å². The van der Waals surface area contributed by atoms with Crippen molar-refractivity contribution in [2.45, 2.75) is 140 Å². The quantitative estimate of drug-likeness (QED) is 0.0295. The first kappa shape index (κ1) is 49.6. The lowest BCUT2D eigenvalue weighted by molar-refractivity contribution is -0.138. The van der Waals surface area contributed by atoms with Crippen LogP contribution in [0.15, 0.2) is 153 Å². The zero-order chi connectivity index (χ0) is 86.6. The van der Waals surface area contributed by atoms with Crippen LogP contribution in [0.1, 0.15) is 135 Å². The van der Waals surface area contributed by atoms with Gasteiger partial charge in [0.2, 0.25) is 11.8 Å². The van der Waals surface area contributed by atoms with E-state index in [9.17, 15) is 65.3 Å². The van der Waals surface area contributed by atoms with Crippen LogP contribution in [0.4, 0.5) is 35.1 Å². The Morgan fingerprint density at radius 1 is 0.531 bits per heavy atom. The number of halogens is 8. The van der Waals surface area contributed by atoms with Crippen LogP contribution in [0.2, 0.25) is 0 Å². The molecule has 8 aromatic rings. The van der Waals surface area contributed by atoms with Crippen molar-refractivity contribution in [1.29, 1.82) is 0 Å². The Labute approximate surface area is 591 Å². The van der Waals surface area contributed by atoms with Crippen LogP contribution in [0.5, 0.6) is 0 Å². The van der Waals surface area contributed by atoms with Crippen LogP contribution in [0.25, 0.3) is 22.3 Å². The topological polar surface area (TPSA) is 117 Å². The maximum atomic E-state index is 15.0. The third-order valence-electron chi connectivity index (χ3n) is 15.6. The van der Waals surface area contributed by atoms with Crippen molar-refractivity contribution < 1.29 is 72.1 Å². The molecular formula is C74H80F8N8O4S2.